The van der Waals surface area contributed by atoms with E-state index in [0.29, 0.717) is 11.6 Å². The standard InChI is InChI=1S/C14H16FN3/c1-9(16)11-3-2-4-12(15)14(11)18-8-7-13(17-18)10-5-6-10/h2-4,7-10H,5-6,16H2,1H3/t9-/m1/s1. The Morgan fingerprint density at radius 2 is 2.17 bits per heavy atom. The smallest absolute Gasteiger partial charge is 0.149 e. The lowest BCUT2D eigenvalue weighted by Gasteiger charge is -2.13. The second-order valence-electron chi connectivity index (χ2n) is 4.93. The molecule has 94 valence electrons. The minimum absolute atomic E-state index is 0.218. The van der Waals surface area contributed by atoms with Crippen molar-refractivity contribution in [3.8, 4) is 5.69 Å². The van der Waals surface area contributed by atoms with Crippen LogP contribution in [0.1, 0.15) is 43.0 Å². The van der Waals surface area contributed by atoms with Gasteiger partial charge in [-0.05, 0) is 37.5 Å². The molecule has 1 aromatic carbocycles. The summed E-state index contributed by atoms with van der Waals surface area (Å²) in [5.74, 6) is 0.284. The summed E-state index contributed by atoms with van der Waals surface area (Å²) < 4.78 is 15.6. The van der Waals surface area contributed by atoms with Crippen molar-refractivity contribution in [2.75, 3.05) is 0 Å². The highest BCUT2D eigenvalue weighted by atomic mass is 19.1. The van der Waals surface area contributed by atoms with Gasteiger partial charge in [-0.1, -0.05) is 12.1 Å². The molecule has 1 aliphatic carbocycles. The number of hydrogen-bond donors (Lipinski definition) is 1. The zero-order valence-corrected chi connectivity index (χ0v) is 10.3. The fourth-order valence-corrected chi connectivity index (χ4v) is 2.20. The Labute approximate surface area is 105 Å². The van der Waals surface area contributed by atoms with E-state index in [-0.39, 0.29) is 11.9 Å². The fraction of sp³-hybridized carbons (Fsp3) is 0.357. The molecule has 0 saturated heterocycles. The number of para-hydroxylation sites is 1. The van der Waals surface area contributed by atoms with Gasteiger partial charge in [-0.15, -0.1) is 0 Å². The average Bonchev–Trinajstić information content (AvgIpc) is 3.08. The monoisotopic (exact) mass is 245 g/mol. The van der Waals surface area contributed by atoms with Crippen molar-refractivity contribution in [2.45, 2.75) is 31.7 Å². The molecule has 1 aromatic heterocycles. The molecule has 18 heavy (non-hydrogen) atoms. The van der Waals surface area contributed by atoms with Crippen LogP contribution in [-0.4, -0.2) is 9.78 Å². The predicted molar refractivity (Wildman–Crippen MR) is 68.1 cm³/mol. The van der Waals surface area contributed by atoms with E-state index < -0.39 is 0 Å². The van der Waals surface area contributed by atoms with Gasteiger partial charge in [0.05, 0.1) is 5.69 Å². The molecular formula is C14H16FN3. The average molecular weight is 245 g/mol. The molecule has 3 rings (SSSR count). The Balaban J connectivity index is 2.08. The van der Waals surface area contributed by atoms with Gasteiger partial charge in [0.15, 0.2) is 0 Å². The summed E-state index contributed by atoms with van der Waals surface area (Å²) in [6.07, 6.45) is 4.20. The Kier molecular flexibility index (Phi) is 2.67. The summed E-state index contributed by atoms with van der Waals surface area (Å²) in [7, 11) is 0. The van der Waals surface area contributed by atoms with Crippen molar-refractivity contribution < 1.29 is 4.39 Å². The third-order valence-corrected chi connectivity index (χ3v) is 3.34. The minimum Gasteiger partial charge on any atom is -0.324 e. The summed E-state index contributed by atoms with van der Waals surface area (Å²) in [6, 6.07) is 6.73. The van der Waals surface area contributed by atoms with Crippen LogP contribution >= 0.6 is 0 Å². The maximum absolute atomic E-state index is 14.0. The third kappa shape index (κ3) is 1.93. The molecule has 3 nitrogen and oxygen atoms in total. The number of rotatable bonds is 3. The topological polar surface area (TPSA) is 43.8 Å². The minimum atomic E-state index is -0.282. The molecule has 0 unspecified atom stereocenters. The molecule has 0 aliphatic heterocycles. The van der Waals surface area contributed by atoms with Gasteiger partial charge >= 0.3 is 0 Å². The fourth-order valence-electron chi connectivity index (χ4n) is 2.20. The van der Waals surface area contributed by atoms with Crippen LogP contribution in [0.2, 0.25) is 0 Å². The lowest BCUT2D eigenvalue weighted by Crippen LogP contribution is -2.12. The maximum atomic E-state index is 14.0. The summed E-state index contributed by atoms with van der Waals surface area (Å²) in [5.41, 5.74) is 8.19. The number of benzene rings is 1. The Morgan fingerprint density at radius 3 is 2.83 bits per heavy atom. The maximum Gasteiger partial charge on any atom is 0.149 e. The van der Waals surface area contributed by atoms with Crippen molar-refractivity contribution in [3.05, 3.63) is 47.5 Å². The van der Waals surface area contributed by atoms with Crippen molar-refractivity contribution in [1.29, 1.82) is 0 Å². The van der Waals surface area contributed by atoms with Crippen molar-refractivity contribution >= 4 is 0 Å². The van der Waals surface area contributed by atoms with Crippen molar-refractivity contribution in [3.63, 3.8) is 0 Å². The van der Waals surface area contributed by atoms with Gasteiger partial charge in [0.25, 0.3) is 0 Å². The van der Waals surface area contributed by atoms with Gasteiger partial charge in [0.1, 0.15) is 11.5 Å². The van der Waals surface area contributed by atoms with Crippen LogP contribution in [0.4, 0.5) is 4.39 Å². The quantitative estimate of drug-likeness (QED) is 0.903. The highest BCUT2D eigenvalue weighted by Gasteiger charge is 2.26. The van der Waals surface area contributed by atoms with Crippen molar-refractivity contribution in [2.24, 2.45) is 5.73 Å². The van der Waals surface area contributed by atoms with Gasteiger partial charge in [0.2, 0.25) is 0 Å². The van der Waals surface area contributed by atoms with Crippen LogP contribution in [0.3, 0.4) is 0 Å². The summed E-state index contributed by atoms with van der Waals surface area (Å²) in [6.45, 7) is 1.85. The Bertz CT molecular complexity index is 570. The second kappa shape index (κ2) is 4.21. The van der Waals surface area contributed by atoms with Gasteiger partial charge in [-0.3, -0.25) is 0 Å². The Morgan fingerprint density at radius 1 is 1.39 bits per heavy atom. The van der Waals surface area contributed by atoms with E-state index in [1.807, 2.05) is 25.3 Å². The van der Waals surface area contributed by atoms with Crippen LogP contribution in [0.15, 0.2) is 30.5 Å². The van der Waals surface area contributed by atoms with E-state index in [1.54, 1.807) is 10.7 Å². The molecule has 1 atom stereocenters. The van der Waals surface area contributed by atoms with Crippen LogP contribution in [0, 0.1) is 5.82 Å². The Hall–Kier alpha value is -1.68. The molecule has 1 heterocycles. The first-order chi connectivity index (χ1) is 8.66. The molecule has 0 radical (unpaired) electrons. The molecular weight excluding hydrogens is 229 g/mol. The molecule has 2 N–H and O–H groups in total. The largest absolute Gasteiger partial charge is 0.324 e. The number of aromatic nitrogens is 2. The zero-order valence-electron chi connectivity index (χ0n) is 10.3. The van der Waals surface area contributed by atoms with Crippen LogP contribution < -0.4 is 5.73 Å². The van der Waals surface area contributed by atoms with Gasteiger partial charge in [-0.2, -0.15) is 5.10 Å². The van der Waals surface area contributed by atoms with Gasteiger partial charge < -0.3 is 5.73 Å². The van der Waals surface area contributed by atoms with E-state index in [1.165, 1.54) is 18.9 Å². The first kappa shape index (κ1) is 11.4. The summed E-state index contributed by atoms with van der Waals surface area (Å²) >= 11 is 0. The number of nitrogens with two attached hydrogens (primary N) is 1. The predicted octanol–water partition coefficient (Wildman–Crippen LogP) is 2.91. The molecule has 0 amide bonds. The SMILES string of the molecule is C[C@@H](N)c1cccc(F)c1-n1ccc(C2CC2)n1. The van der Waals surface area contributed by atoms with E-state index in [2.05, 4.69) is 5.10 Å². The second-order valence-corrected chi connectivity index (χ2v) is 4.93. The van der Waals surface area contributed by atoms with E-state index in [0.717, 1.165) is 11.3 Å². The van der Waals surface area contributed by atoms with E-state index >= 15 is 0 Å². The molecule has 0 spiro atoms. The summed E-state index contributed by atoms with van der Waals surface area (Å²) in [4.78, 5) is 0. The first-order valence-corrected chi connectivity index (χ1v) is 6.26. The third-order valence-electron chi connectivity index (χ3n) is 3.34. The molecule has 4 heteroatoms. The first-order valence-electron chi connectivity index (χ1n) is 6.26. The van der Waals surface area contributed by atoms with Gasteiger partial charge in [-0.25, -0.2) is 9.07 Å². The molecule has 0 bridgehead atoms. The lowest BCUT2D eigenvalue weighted by molar-refractivity contribution is 0.601. The van der Waals surface area contributed by atoms with Crippen LogP contribution in [0.25, 0.3) is 5.69 Å². The highest BCUT2D eigenvalue weighted by molar-refractivity contribution is 5.43. The van der Waals surface area contributed by atoms with Gasteiger partial charge in [0, 0.05) is 18.2 Å². The lowest BCUT2D eigenvalue weighted by atomic mass is 10.1. The number of nitrogens with zero attached hydrogens (tertiary/aromatic N) is 2. The molecule has 1 fully saturated rings. The molecule has 2 aromatic rings. The van der Waals surface area contributed by atoms with E-state index in [4.69, 9.17) is 5.73 Å². The normalized spacial score (nSPS) is 16.8. The van der Waals surface area contributed by atoms with Crippen LogP contribution in [0.5, 0.6) is 0 Å². The number of hydrogen-bond acceptors (Lipinski definition) is 2. The molecule has 1 saturated carbocycles. The van der Waals surface area contributed by atoms with E-state index in [9.17, 15) is 4.39 Å². The zero-order chi connectivity index (χ0) is 12.7. The van der Waals surface area contributed by atoms with Crippen molar-refractivity contribution in [1.82, 2.24) is 9.78 Å². The molecule has 1 aliphatic rings. The summed E-state index contributed by atoms with van der Waals surface area (Å²) in [5, 5.41) is 4.47. The van der Waals surface area contributed by atoms with Crippen LogP contribution in [-0.2, 0) is 0 Å². The highest BCUT2D eigenvalue weighted by Crippen LogP contribution is 2.39. The number of halogens is 1.